The third-order valence-corrected chi connectivity index (χ3v) is 6.12. The molecule has 1 aromatic carbocycles. The molecule has 25 heavy (non-hydrogen) atoms. The number of piperidine rings is 3. The quantitative estimate of drug-likeness (QED) is 0.889. The zero-order valence-electron chi connectivity index (χ0n) is 14.7. The van der Waals surface area contributed by atoms with Gasteiger partial charge in [0.2, 0.25) is 5.91 Å². The molecule has 0 spiro atoms. The molecule has 4 nitrogen and oxygen atoms in total. The van der Waals surface area contributed by atoms with E-state index in [-0.39, 0.29) is 23.9 Å². The summed E-state index contributed by atoms with van der Waals surface area (Å²) < 4.78 is 27.6. The average Bonchev–Trinajstić information content (AvgIpc) is 2.96. The fourth-order valence-electron chi connectivity index (χ4n) is 5.11. The highest BCUT2D eigenvalue weighted by Gasteiger charge is 2.55. The Balaban J connectivity index is 1.74. The molecule has 0 aliphatic carbocycles. The molecule has 3 atom stereocenters. The number of hydrogen-bond acceptors (Lipinski definition) is 3. The molecule has 4 fully saturated rings. The maximum atomic E-state index is 13.8. The molecule has 6 heteroatoms. The van der Waals surface area contributed by atoms with E-state index in [2.05, 4.69) is 4.90 Å². The number of halogens is 2. The van der Waals surface area contributed by atoms with Gasteiger partial charge in [0, 0.05) is 24.6 Å². The van der Waals surface area contributed by atoms with Crippen LogP contribution in [0.1, 0.15) is 38.2 Å². The van der Waals surface area contributed by atoms with Gasteiger partial charge >= 0.3 is 0 Å². The normalized spacial score (nSPS) is 34.3. The molecule has 1 aromatic rings. The Morgan fingerprint density at radius 1 is 1.12 bits per heavy atom. The molecule has 4 aliphatic rings. The highest BCUT2D eigenvalue weighted by atomic mass is 19.1. The number of amides is 1. The summed E-state index contributed by atoms with van der Waals surface area (Å²) in [6.45, 7) is 5.91. The lowest BCUT2D eigenvalue weighted by atomic mass is 9.75. The third-order valence-electron chi connectivity index (χ3n) is 6.12. The van der Waals surface area contributed by atoms with Crippen LogP contribution in [-0.4, -0.2) is 53.0 Å². The van der Waals surface area contributed by atoms with E-state index in [1.54, 1.807) is 13.8 Å². The standard InChI is InChI=1S/C19H25F2N3O/c1-19(2,22)18(25)24-10-15(12-7-13(20)9-14(21)8-12)17-16(24)11-3-5-23(17)6-4-11/h7-9,11,15-17H,3-6,10,22H2,1-2H3/t15-,16+,17+/m1/s1. The molecule has 0 radical (unpaired) electrons. The van der Waals surface area contributed by atoms with Gasteiger partial charge in [-0.25, -0.2) is 8.78 Å². The Kier molecular flexibility index (Phi) is 3.88. The van der Waals surface area contributed by atoms with Crippen molar-refractivity contribution in [2.45, 2.75) is 50.2 Å². The van der Waals surface area contributed by atoms with E-state index in [4.69, 9.17) is 5.73 Å². The zero-order valence-corrected chi connectivity index (χ0v) is 14.7. The minimum Gasteiger partial charge on any atom is -0.336 e. The van der Waals surface area contributed by atoms with Gasteiger partial charge in [-0.15, -0.1) is 0 Å². The lowest BCUT2D eigenvalue weighted by molar-refractivity contribution is -0.140. The predicted molar refractivity (Wildman–Crippen MR) is 91.0 cm³/mol. The minimum atomic E-state index is -0.946. The van der Waals surface area contributed by atoms with Crippen LogP contribution in [-0.2, 0) is 4.79 Å². The van der Waals surface area contributed by atoms with Crippen LogP contribution in [0, 0.1) is 17.6 Å². The van der Waals surface area contributed by atoms with Gasteiger partial charge in [0.1, 0.15) is 11.6 Å². The van der Waals surface area contributed by atoms with Crippen molar-refractivity contribution in [1.29, 1.82) is 0 Å². The molecule has 2 bridgehead atoms. The second-order valence-corrected chi connectivity index (χ2v) is 8.34. The second kappa shape index (κ2) is 5.74. The zero-order chi connectivity index (χ0) is 17.9. The van der Waals surface area contributed by atoms with Crippen molar-refractivity contribution in [1.82, 2.24) is 9.80 Å². The van der Waals surface area contributed by atoms with Crippen molar-refractivity contribution in [2.75, 3.05) is 19.6 Å². The highest BCUT2D eigenvalue weighted by molar-refractivity contribution is 5.86. The van der Waals surface area contributed by atoms with Gasteiger partial charge in [0.15, 0.2) is 0 Å². The first-order valence-corrected chi connectivity index (χ1v) is 9.05. The Morgan fingerprint density at radius 3 is 2.28 bits per heavy atom. The van der Waals surface area contributed by atoms with Crippen LogP contribution in [0.25, 0.3) is 0 Å². The number of benzene rings is 1. The smallest absolute Gasteiger partial charge is 0.242 e. The first kappa shape index (κ1) is 16.9. The maximum Gasteiger partial charge on any atom is 0.242 e. The van der Waals surface area contributed by atoms with Crippen LogP contribution in [0.4, 0.5) is 8.78 Å². The Labute approximate surface area is 147 Å². The Bertz CT molecular complexity index is 674. The fraction of sp³-hybridized carbons (Fsp3) is 0.632. The van der Waals surface area contributed by atoms with Crippen LogP contribution in [0.3, 0.4) is 0 Å². The van der Waals surface area contributed by atoms with Crippen LogP contribution in [0.5, 0.6) is 0 Å². The van der Waals surface area contributed by atoms with Gasteiger partial charge in [0.05, 0.1) is 11.6 Å². The summed E-state index contributed by atoms with van der Waals surface area (Å²) in [4.78, 5) is 17.2. The first-order chi connectivity index (χ1) is 11.8. The molecule has 136 valence electrons. The molecule has 0 unspecified atom stereocenters. The highest BCUT2D eigenvalue weighted by Crippen LogP contribution is 2.47. The maximum absolute atomic E-state index is 13.8. The summed E-state index contributed by atoms with van der Waals surface area (Å²) >= 11 is 0. The molecule has 2 N–H and O–H groups in total. The van der Waals surface area contributed by atoms with Gasteiger partial charge in [-0.05, 0) is 63.4 Å². The lowest BCUT2D eigenvalue weighted by Gasteiger charge is -2.51. The SMILES string of the molecule is CC(C)(N)C(=O)N1C[C@H](c2cc(F)cc(F)c2)[C@H]2[C@@H]1C1CCN2CC1. The van der Waals surface area contributed by atoms with E-state index in [9.17, 15) is 13.6 Å². The van der Waals surface area contributed by atoms with E-state index in [0.717, 1.165) is 32.0 Å². The van der Waals surface area contributed by atoms with E-state index in [1.165, 1.54) is 12.1 Å². The molecule has 4 saturated heterocycles. The lowest BCUT2D eigenvalue weighted by Crippen LogP contribution is -2.63. The van der Waals surface area contributed by atoms with E-state index in [0.29, 0.717) is 18.0 Å². The summed E-state index contributed by atoms with van der Waals surface area (Å²) in [5, 5.41) is 0. The fourth-order valence-corrected chi connectivity index (χ4v) is 5.11. The number of likely N-dealkylation sites (tertiary alicyclic amines) is 1. The van der Waals surface area contributed by atoms with Crippen molar-refractivity contribution in [2.24, 2.45) is 11.7 Å². The Hall–Kier alpha value is -1.53. The van der Waals surface area contributed by atoms with Crippen molar-refractivity contribution in [3.8, 4) is 0 Å². The molecule has 0 saturated carbocycles. The van der Waals surface area contributed by atoms with Crippen LogP contribution >= 0.6 is 0 Å². The summed E-state index contributed by atoms with van der Waals surface area (Å²) in [6, 6.07) is 3.94. The predicted octanol–water partition coefficient (Wildman–Crippen LogP) is 2.09. The molecule has 4 aliphatic heterocycles. The summed E-state index contributed by atoms with van der Waals surface area (Å²) in [6.07, 6.45) is 2.14. The van der Waals surface area contributed by atoms with Crippen LogP contribution in [0.15, 0.2) is 18.2 Å². The van der Waals surface area contributed by atoms with Crippen molar-refractivity contribution >= 4 is 5.91 Å². The number of nitrogens with two attached hydrogens (primary N) is 1. The minimum absolute atomic E-state index is 0.0735. The summed E-state index contributed by atoms with van der Waals surface area (Å²) in [5.41, 5.74) is 5.78. The summed E-state index contributed by atoms with van der Waals surface area (Å²) in [7, 11) is 0. The van der Waals surface area contributed by atoms with Gasteiger partial charge < -0.3 is 10.6 Å². The average molecular weight is 349 g/mol. The number of hydrogen-bond donors (Lipinski definition) is 1. The number of nitrogens with zero attached hydrogens (tertiary/aromatic N) is 2. The van der Waals surface area contributed by atoms with Gasteiger partial charge in [-0.1, -0.05) is 0 Å². The Morgan fingerprint density at radius 2 is 1.72 bits per heavy atom. The number of carbonyl (C=O) groups excluding carboxylic acids is 1. The number of carbonyl (C=O) groups is 1. The topological polar surface area (TPSA) is 49.6 Å². The van der Waals surface area contributed by atoms with E-state index >= 15 is 0 Å². The molecular formula is C19H25F2N3O. The molecular weight excluding hydrogens is 324 g/mol. The monoisotopic (exact) mass is 349 g/mol. The number of rotatable bonds is 2. The molecule has 5 rings (SSSR count). The second-order valence-electron chi connectivity index (χ2n) is 8.34. The summed E-state index contributed by atoms with van der Waals surface area (Å²) in [5.74, 6) is -0.831. The van der Waals surface area contributed by atoms with E-state index < -0.39 is 17.2 Å². The largest absolute Gasteiger partial charge is 0.336 e. The third kappa shape index (κ3) is 2.75. The van der Waals surface area contributed by atoms with Gasteiger partial charge in [-0.2, -0.15) is 0 Å². The van der Waals surface area contributed by atoms with Crippen LogP contribution in [0.2, 0.25) is 0 Å². The van der Waals surface area contributed by atoms with Crippen molar-refractivity contribution in [3.63, 3.8) is 0 Å². The van der Waals surface area contributed by atoms with Crippen molar-refractivity contribution in [3.05, 3.63) is 35.4 Å². The van der Waals surface area contributed by atoms with Gasteiger partial charge in [0.25, 0.3) is 0 Å². The molecule has 4 heterocycles. The molecule has 1 amide bonds. The van der Waals surface area contributed by atoms with Crippen molar-refractivity contribution < 1.29 is 13.6 Å². The van der Waals surface area contributed by atoms with Crippen LogP contribution < -0.4 is 5.73 Å². The molecule has 0 aromatic heterocycles. The van der Waals surface area contributed by atoms with E-state index in [1.807, 2.05) is 4.90 Å². The number of fused-ring (bicyclic) bond motifs is 2. The first-order valence-electron chi connectivity index (χ1n) is 9.05. The van der Waals surface area contributed by atoms with Gasteiger partial charge in [-0.3, -0.25) is 9.69 Å².